The first-order valence-corrected chi connectivity index (χ1v) is 13.9. The highest BCUT2D eigenvalue weighted by atomic mass is 32.2. The molecule has 1 aromatic carbocycles. The van der Waals surface area contributed by atoms with E-state index in [1.165, 1.54) is 11.8 Å². The lowest BCUT2D eigenvalue weighted by Gasteiger charge is -2.22. The van der Waals surface area contributed by atoms with Gasteiger partial charge in [-0.15, -0.1) is 0 Å². The summed E-state index contributed by atoms with van der Waals surface area (Å²) in [5.41, 5.74) is 7.11. The van der Waals surface area contributed by atoms with Crippen LogP contribution in [0.25, 0.3) is 10.9 Å². The molecular weight excluding hydrogens is 560 g/mol. The Balaban J connectivity index is 2.12. The zero-order valence-electron chi connectivity index (χ0n) is 22.2. The molecule has 0 aliphatic heterocycles. The summed E-state index contributed by atoms with van der Waals surface area (Å²) in [6.45, 7) is -1.44. The van der Waals surface area contributed by atoms with Crippen LogP contribution in [0.4, 0.5) is 0 Å². The number of fused-ring (bicyclic) bond motifs is 1. The van der Waals surface area contributed by atoms with Crippen molar-refractivity contribution >= 4 is 58.2 Å². The van der Waals surface area contributed by atoms with Gasteiger partial charge in [0, 0.05) is 23.5 Å². The van der Waals surface area contributed by atoms with Crippen LogP contribution in [0.2, 0.25) is 0 Å². The maximum absolute atomic E-state index is 13.1. The van der Waals surface area contributed by atoms with Gasteiger partial charge in [-0.1, -0.05) is 18.2 Å². The van der Waals surface area contributed by atoms with Gasteiger partial charge in [-0.05, 0) is 30.1 Å². The molecule has 16 heteroatoms. The lowest BCUT2D eigenvalue weighted by molar-refractivity contribution is -0.143. The second-order valence-electron chi connectivity index (χ2n) is 9.03. The maximum Gasteiger partial charge on any atom is 0.328 e. The number of para-hydroxylation sites is 1. The molecule has 10 N–H and O–H groups in total. The predicted octanol–water partition coefficient (Wildman–Crippen LogP) is -2.09. The molecule has 0 aliphatic carbocycles. The van der Waals surface area contributed by atoms with Crippen molar-refractivity contribution in [3.05, 3.63) is 36.0 Å². The van der Waals surface area contributed by atoms with Gasteiger partial charge in [-0.25, -0.2) is 4.79 Å². The van der Waals surface area contributed by atoms with Gasteiger partial charge >= 0.3 is 11.9 Å². The van der Waals surface area contributed by atoms with Gasteiger partial charge in [0.15, 0.2) is 0 Å². The Morgan fingerprint density at radius 2 is 1.63 bits per heavy atom. The highest BCUT2D eigenvalue weighted by molar-refractivity contribution is 7.98. The van der Waals surface area contributed by atoms with Crippen LogP contribution in [0.15, 0.2) is 30.5 Å². The molecule has 0 bridgehead atoms. The molecule has 0 saturated heterocycles. The van der Waals surface area contributed by atoms with Crippen LogP contribution in [0.1, 0.15) is 18.4 Å². The molecule has 15 nitrogen and oxygen atoms in total. The number of thioether (sulfide) groups is 1. The fourth-order valence-electron chi connectivity index (χ4n) is 3.79. The van der Waals surface area contributed by atoms with Gasteiger partial charge in [0.2, 0.25) is 23.6 Å². The molecule has 4 amide bonds. The molecular formula is C25H34N6O9S. The van der Waals surface area contributed by atoms with E-state index < -0.39 is 79.3 Å². The van der Waals surface area contributed by atoms with Crippen LogP contribution in [-0.2, 0) is 35.2 Å². The van der Waals surface area contributed by atoms with Gasteiger partial charge in [0.1, 0.15) is 18.1 Å². The average molecular weight is 595 g/mol. The molecule has 0 spiro atoms. The quantitative estimate of drug-likeness (QED) is 0.0960. The first-order valence-electron chi connectivity index (χ1n) is 12.5. The number of nitrogens with two attached hydrogens (primary N) is 1. The first kappa shape index (κ1) is 33.1. The largest absolute Gasteiger partial charge is 0.481 e. The number of amides is 4. The molecule has 0 aliphatic rings. The number of hydrogen-bond acceptors (Lipinski definition) is 9. The summed E-state index contributed by atoms with van der Waals surface area (Å²) in [6.07, 6.45) is 2.90. The Hall–Kier alpha value is -4.15. The number of carboxylic acid groups (broad SMARTS) is 2. The van der Waals surface area contributed by atoms with E-state index >= 15 is 0 Å². The van der Waals surface area contributed by atoms with E-state index in [1.807, 2.05) is 18.2 Å². The summed E-state index contributed by atoms with van der Waals surface area (Å²) in [6, 6.07) is 1.90. The van der Waals surface area contributed by atoms with E-state index in [9.17, 15) is 28.8 Å². The smallest absolute Gasteiger partial charge is 0.328 e. The molecule has 2 rings (SSSR count). The summed E-state index contributed by atoms with van der Waals surface area (Å²) >= 11 is 1.38. The van der Waals surface area contributed by atoms with Crippen LogP contribution in [0.3, 0.4) is 0 Å². The minimum Gasteiger partial charge on any atom is -0.481 e. The normalized spacial score (nSPS) is 13.8. The van der Waals surface area contributed by atoms with E-state index in [0.717, 1.165) is 10.9 Å². The molecule has 0 unspecified atom stereocenters. The maximum atomic E-state index is 13.1. The van der Waals surface area contributed by atoms with Crippen LogP contribution in [-0.4, -0.2) is 105 Å². The van der Waals surface area contributed by atoms with Gasteiger partial charge in [-0.3, -0.25) is 24.0 Å². The third-order valence-electron chi connectivity index (χ3n) is 5.95. The zero-order valence-corrected chi connectivity index (χ0v) is 23.0. The Morgan fingerprint density at radius 3 is 2.27 bits per heavy atom. The number of aromatic nitrogens is 1. The van der Waals surface area contributed by atoms with E-state index in [2.05, 4.69) is 26.3 Å². The standard InChI is InChI=1S/C25H34N6O9S/c1-41-7-6-17(24(38)31-19(12-32)25(39)40)29-20(33)11-28-23(37)18(30-22(36)15(26)9-21(34)35)8-13-10-27-16-5-3-2-4-14(13)16/h2-5,10,15,17-19,27,32H,6-9,11-12,26H2,1H3,(H,28,37)(H,29,33)(H,30,36)(H,31,38)(H,34,35)(H,39,40)/t15-,17-,18-,19-/m0/s1. The fraction of sp³-hybridized carbons (Fsp3) is 0.440. The monoisotopic (exact) mass is 594 g/mol. The van der Waals surface area contributed by atoms with E-state index in [4.69, 9.17) is 21.1 Å². The van der Waals surface area contributed by atoms with E-state index in [0.29, 0.717) is 11.3 Å². The molecule has 224 valence electrons. The van der Waals surface area contributed by atoms with Gasteiger partial charge < -0.3 is 47.3 Å². The fourth-order valence-corrected chi connectivity index (χ4v) is 4.26. The third-order valence-corrected chi connectivity index (χ3v) is 6.59. The lowest BCUT2D eigenvalue weighted by atomic mass is 10.0. The van der Waals surface area contributed by atoms with Crippen LogP contribution >= 0.6 is 11.8 Å². The van der Waals surface area contributed by atoms with Gasteiger partial charge in [-0.2, -0.15) is 11.8 Å². The number of aliphatic carboxylic acids is 2. The highest BCUT2D eigenvalue weighted by Gasteiger charge is 2.28. The van der Waals surface area contributed by atoms with Crippen molar-refractivity contribution in [2.75, 3.05) is 25.2 Å². The molecule has 0 radical (unpaired) electrons. The van der Waals surface area contributed by atoms with Crippen molar-refractivity contribution < 1.29 is 44.1 Å². The predicted molar refractivity (Wildman–Crippen MR) is 149 cm³/mol. The summed E-state index contributed by atoms with van der Waals surface area (Å²) in [7, 11) is 0. The van der Waals surface area contributed by atoms with Crippen molar-refractivity contribution in [1.82, 2.24) is 26.3 Å². The average Bonchev–Trinajstić information content (AvgIpc) is 3.34. The van der Waals surface area contributed by atoms with Gasteiger partial charge in [0.25, 0.3) is 0 Å². The first-order chi connectivity index (χ1) is 19.5. The Morgan fingerprint density at radius 1 is 0.951 bits per heavy atom. The third kappa shape index (κ3) is 10.4. The number of carbonyl (C=O) groups excluding carboxylic acids is 4. The number of H-pyrrole nitrogens is 1. The Kier molecular flexibility index (Phi) is 13.1. The number of carboxylic acids is 2. The van der Waals surface area contributed by atoms with Crippen molar-refractivity contribution in [3.8, 4) is 0 Å². The number of rotatable bonds is 17. The molecule has 1 aromatic heterocycles. The van der Waals surface area contributed by atoms with E-state index in [1.54, 1.807) is 18.5 Å². The van der Waals surface area contributed by atoms with Crippen molar-refractivity contribution in [3.63, 3.8) is 0 Å². The van der Waals surface area contributed by atoms with Crippen molar-refractivity contribution in [1.29, 1.82) is 0 Å². The summed E-state index contributed by atoms with van der Waals surface area (Å²) in [4.78, 5) is 76.0. The Bertz CT molecular complexity index is 1250. The number of benzene rings is 1. The number of carbonyl (C=O) groups is 6. The van der Waals surface area contributed by atoms with Gasteiger partial charge in [0.05, 0.1) is 25.6 Å². The number of aromatic amines is 1. The van der Waals surface area contributed by atoms with Crippen molar-refractivity contribution in [2.45, 2.75) is 43.4 Å². The van der Waals surface area contributed by atoms with E-state index in [-0.39, 0.29) is 12.8 Å². The number of hydrogen-bond donors (Lipinski definition) is 9. The van der Waals surface area contributed by atoms with Crippen molar-refractivity contribution in [2.24, 2.45) is 5.73 Å². The topological polar surface area (TPSA) is 253 Å². The SMILES string of the molecule is CSCC[C@H](NC(=O)CNC(=O)[C@H](Cc1c[nH]c2ccccc12)NC(=O)[C@@H](N)CC(=O)O)C(=O)N[C@@H](CO)C(=O)O. The van der Waals surface area contributed by atoms with Crippen LogP contribution in [0.5, 0.6) is 0 Å². The molecule has 0 fully saturated rings. The summed E-state index contributed by atoms with van der Waals surface area (Å²) in [5, 5.41) is 37.4. The summed E-state index contributed by atoms with van der Waals surface area (Å²) in [5.74, 6) is -5.53. The van der Waals surface area contributed by atoms with Crippen LogP contribution in [0, 0.1) is 0 Å². The van der Waals surface area contributed by atoms with Crippen LogP contribution < -0.4 is 27.0 Å². The Labute approximate surface area is 239 Å². The minimum atomic E-state index is -1.56. The molecule has 41 heavy (non-hydrogen) atoms. The molecule has 4 atom stereocenters. The summed E-state index contributed by atoms with van der Waals surface area (Å²) < 4.78 is 0. The molecule has 2 aromatic rings. The molecule has 1 heterocycles. The number of aliphatic hydroxyl groups excluding tert-OH is 1. The lowest BCUT2D eigenvalue weighted by Crippen LogP contribution is -2.56. The minimum absolute atomic E-state index is 0.0144. The second kappa shape index (κ2) is 16.2. The number of aliphatic hydroxyl groups is 1. The zero-order chi connectivity index (χ0) is 30.5. The highest BCUT2D eigenvalue weighted by Crippen LogP contribution is 2.19. The second-order valence-corrected chi connectivity index (χ2v) is 10.0. The molecule has 0 saturated carbocycles. The number of nitrogens with one attached hydrogen (secondary N) is 5.